The lowest BCUT2D eigenvalue weighted by atomic mass is 10.0. The van der Waals surface area contributed by atoms with Gasteiger partial charge in [0.1, 0.15) is 10.9 Å². The monoisotopic (exact) mass is 623 g/mol. The number of nitrogen functional groups attached to an aromatic ring is 1. The maximum absolute atomic E-state index is 14.4. The topological polar surface area (TPSA) is 159 Å². The van der Waals surface area contributed by atoms with Crippen molar-refractivity contribution in [2.75, 3.05) is 32.0 Å². The smallest absolute Gasteiger partial charge is 0.273 e. The molecule has 1 heterocycles. The zero-order valence-electron chi connectivity index (χ0n) is 23.8. The molecule has 0 aliphatic carbocycles. The van der Waals surface area contributed by atoms with Gasteiger partial charge in [-0.3, -0.25) is 19.3 Å². The molecule has 224 valence electrons. The summed E-state index contributed by atoms with van der Waals surface area (Å²) < 4.78 is 20.6. The summed E-state index contributed by atoms with van der Waals surface area (Å²) in [6.07, 6.45) is 0. The number of aryl methyl sites for hydroxylation is 1. The summed E-state index contributed by atoms with van der Waals surface area (Å²) in [4.78, 5) is 41.6. The lowest BCUT2D eigenvalue weighted by molar-refractivity contribution is -0.122. The van der Waals surface area contributed by atoms with Crippen molar-refractivity contribution in [3.8, 4) is 17.2 Å². The number of nitrogens with two attached hydrogens (primary N) is 2. The first-order valence-electron chi connectivity index (χ1n) is 12.9. The van der Waals surface area contributed by atoms with Gasteiger partial charge in [0.2, 0.25) is 11.7 Å². The predicted molar refractivity (Wildman–Crippen MR) is 165 cm³/mol. The SMILES string of the molecule is COc1cc([C@H](C(=O)NCc2ccccc2)N(C(=O)c2snc(C(N)=O)c2N)c2ccc(C)c(Cl)c2)cc(OC)c1OC. The molecule has 3 amide bonds. The Morgan fingerprint density at radius 1 is 1.00 bits per heavy atom. The second kappa shape index (κ2) is 13.4. The molecule has 1 aromatic heterocycles. The first kappa shape index (κ1) is 31.1. The lowest BCUT2D eigenvalue weighted by Gasteiger charge is -2.32. The molecular formula is C30H30ClN5O6S. The minimum atomic E-state index is -1.32. The first-order valence-corrected chi connectivity index (χ1v) is 14.0. The number of ether oxygens (including phenoxy) is 3. The first-order chi connectivity index (χ1) is 20.6. The van der Waals surface area contributed by atoms with Gasteiger partial charge in [0.05, 0.1) is 27.0 Å². The van der Waals surface area contributed by atoms with Crippen LogP contribution in [0, 0.1) is 6.92 Å². The van der Waals surface area contributed by atoms with Gasteiger partial charge in [-0.2, -0.15) is 4.37 Å². The molecule has 4 rings (SSSR count). The third-order valence-corrected chi connectivity index (χ3v) is 7.89. The van der Waals surface area contributed by atoms with Gasteiger partial charge >= 0.3 is 0 Å². The van der Waals surface area contributed by atoms with E-state index in [2.05, 4.69) is 9.69 Å². The highest BCUT2D eigenvalue weighted by Crippen LogP contribution is 2.42. The van der Waals surface area contributed by atoms with Crippen molar-refractivity contribution in [3.63, 3.8) is 0 Å². The number of anilines is 2. The van der Waals surface area contributed by atoms with E-state index < -0.39 is 23.8 Å². The summed E-state index contributed by atoms with van der Waals surface area (Å²) >= 11 is 7.20. The van der Waals surface area contributed by atoms with E-state index in [1.54, 1.807) is 30.3 Å². The van der Waals surface area contributed by atoms with E-state index in [1.807, 2.05) is 37.3 Å². The van der Waals surface area contributed by atoms with Crippen LogP contribution in [0.5, 0.6) is 17.2 Å². The van der Waals surface area contributed by atoms with E-state index in [9.17, 15) is 14.4 Å². The number of benzene rings is 3. The van der Waals surface area contributed by atoms with Gasteiger partial charge < -0.3 is 31.0 Å². The van der Waals surface area contributed by atoms with Crippen LogP contribution >= 0.6 is 23.1 Å². The summed E-state index contributed by atoms with van der Waals surface area (Å²) in [6.45, 7) is 1.98. The minimum absolute atomic E-state index is 0.0844. The number of carbonyl (C=O) groups is 3. The standard InChI is InChI=1S/C30H30ClN5O6S/c1-16-10-11-19(14-20(16)31)36(30(39)27-23(32)24(28(33)37)35-43-27)25(29(38)34-15-17-8-6-5-7-9-17)18-12-21(40-2)26(42-4)22(13-18)41-3/h5-14,25H,15,32H2,1-4H3,(H2,33,37)(H,34,38)/t25-/m1/s1. The molecule has 5 N–H and O–H groups in total. The Balaban J connectivity index is 1.95. The van der Waals surface area contributed by atoms with E-state index >= 15 is 0 Å². The maximum Gasteiger partial charge on any atom is 0.273 e. The van der Waals surface area contributed by atoms with Crippen LogP contribution in [0.25, 0.3) is 0 Å². The largest absolute Gasteiger partial charge is 0.493 e. The number of methoxy groups -OCH3 is 3. The fourth-order valence-corrected chi connectivity index (χ4v) is 5.33. The highest BCUT2D eigenvalue weighted by Gasteiger charge is 2.37. The molecule has 3 aromatic carbocycles. The summed E-state index contributed by atoms with van der Waals surface area (Å²) in [7, 11) is 4.34. The van der Waals surface area contributed by atoms with Crippen molar-refractivity contribution in [1.29, 1.82) is 0 Å². The number of amides is 3. The van der Waals surface area contributed by atoms with Crippen molar-refractivity contribution in [3.05, 3.63) is 92.9 Å². The molecule has 0 aliphatic heterocycles. The number of nitrogens with one attached hydrogen (secondary N) is 1. The molecule has 0 spiro atoms. The summed E-state index contributed by atoms with van der Waals surface area (Å²) in [5.74, 6) is -1.32. The number of nitrogens with zero attached hydrogens (tertiary/aromatic N) is 2. The molecular weight excluding hydrogens is 594 g/mol. The fourth-order valence-electron chi connectivity index (χ4n) is 4.41. The van der Waals surface area contributed by atoms with E-state index in [-0.39, 0.29) is 40.0 Å². The van der Waals surface area contributed by atoms with E-state index in [4.69, 9.17) is 37.3 Å². The number of rotatable bonds is 11. The fraction of sp³-hybridized carbons (Fsp3) is 0.200. The third-order valence-electron chi connectivity index (χ3n) is 6.63. The van der Waals surface area contributed by atoms with Gasteiger partial charge in [0.15, 0.2) is 17.2 Å². The third kappa shape index (κ3) is 6.50. The Kier molecular flexibility index (Phi) is 9.73. The minimum Gasteiger partial charge on any atom is -0.493 e. The van der Waals surface area contributed by atoms with Crippen LogP contribution in [-0.4, -0.2) is 43.4 Å². The molecule has 0 radical (unpaired) electrons. The summed E-state index contributed by atoms with van der Waals surface area (Å²) in [5, 5.41) is 3.29. The van der Waals surface area contributed by atoms with E-state index in [0.29, 0.717) is 27.9 Å². The molecule has 0 bridgehead atoms. The Morgan fingerprint density at radius 3 is 2.19 bits per heavy atom. The molecule has 11 nitrogen and oxygen atoms in total. The van der Waals surface area contributed by atoms with Crippen LogP contribution in [0.2, 0.25) is 5.02 Å². The van der Waals surface area contributed by atoms with Crippen molar-refractivity contribution < 1.29 is 28.6 Å². The van der Waals surface area contributed by atoms with E-state index in [0.717, 1.165) is 11.1 Å². The van der Waals surface area contributed by atoms with Crippen molar-refractivity contribution >= 4 is 52.2 Å². The maximum atomic E-state index is 14.4. The lowest BCUT2D eigenvalue weighted by Crippen LogP contribution is -2.44. The van der Waals surface area contributed by atoms with Gasteiger partial charge in [0, 0.05) is 17.3 Å². The highest BCUT2D eigenvalue weighted by molar-refractivity contribution is 7.09. The molecule has 43 heavy (non-hydrogen) atoms. The number of carbonyl (C=O) groups excluding carboxylic acids is 3. The molecule has 4 aromatic rings. The highest BCUT2D eigenvalue weighted by atomic mass is 35.5. The predicted octanol–water partition coefficient (Wildman–Crippen LogP) is 4.52. The van der Waals surface area contributed by atoms with Crippen LogP contribution in [0.4, 0.5) is 11.4 Å². The van der Waals surface area contributed by atoms with Crippen LogP contribution in [0.1, 0.15) is 42.9 Å². The number of hydrogen-bond acceptors (Lipinski definition) is 9. The molecule has 0 aliphatic rings. The van der Waals surface area contributed by atoms with Gasteiger partial charge in [0.25, 0.3) is 11.8 Å². The summed E-state index contributed by atoms with van der Waals surface area (Å²) in [5.41, 5.74) is 13.3. The second-order valence-electron chi connectivity index (χ2n) is 9.31. The normalized spacial score (nSPS) is 11.4. The van der Waals surface area contributed by atoms with Gasteiger partial charge in [-0.05, 0) is 59.4 Å². The zero-order valence-corrected chi connectivity index (χ0v) is 25.4. The van der Waals surface area contributed by atoms with Crippen molar-refractivity contribution in [2.24, 2.45) is 5.73 Å². The molecule has 0 saturated carbocycles. The second-order valence-corrected chi connectivity index (χ2v) is 10.5. The van der Waals surface area contributed by atoms with E-state index in [1.165, 1.54) is 26.2 Å². The van der Waals surface area contributed by atoms with Crippen LogP contribution in [0.3, 0.4) is 0 Å². The Labute approximate surface area is 257 Å². The number of halogens is 1. The number of hydrogen-bond donors (Lipinski definition) is 3. The molecule has 13 heteroatoms. The molecule has 1 atom stereocenters. The van der Waals surface area contributed by atoms with Crippen LogP contribution < -0.4 is 35.9 Å². The Hall–Kier alpha value is -4.81. The number of aromatic nitrogens is 1. The summed E-state index contributed by atoms with van der Waals surface area (Å²) in [6, 6.07) is 16.1. The van der Waals surface area contributed by atoms with Crippen molar-refractivity contribution in [1.82, 2.24) is 9.69 Å². The number of primary amides is 1. The average Bonchev–Trinajstić information content (AvgIpc) is 3.40. The zero-order chi connectivity index (χ0) is 31.3. The Bertz CT molecular complexity index is 1640. The quantitative estimate of drug-likeness (QED) is 0.220. The van der Waals surface area contributed by atoms with Gasteiger partial charge in [-0.15, -0.1) is 0 Å². The van der Waals surface area contributed by atoms with Crippen molar-refractivity contribution in [2.45, 2.75) is 19.5 Å². The molecule has 0 fully saturated rings. The van der Waals surface area contributed by atoms with Crippen LogP contribution in [0.15, 0.2) is 60.7 Å². The van der Waals surface area contributed by atoms with Gasteiger partial charge in [-0.25, -0.2) is 0 Å². The molecule has 0 saturated heterocycles. The molecule has 0 unspecified atom stereocenters. The van der Waals surface area contributed by atoms with Crippen LogP contribution in [-0.2, 0) is 11.3 Å². The Morgan fingerprint density at radius 2 is 1.65 bits per heavy atom. The van der Waals surface area contributed by atoms with Gasteiger partial charge in [-0.1, -0.05) is 48.0 Å². The average molecular weight is 624 g/mol.